The van der Waals surface area contributed by atoms with Crippen molar-refractivity contribution in [1.29, 1.82) is 5.26 Å². The van der Waals surface area contributed by atoms with Gasteiger partial charge in [0.1, 0.15) is 5.84 Å². The number of hydrogen-bond donors (Lipinski definition) is 0. The second-order valence-corrected chi connectivity index (χ2v) is 5.98. The van der Waals surface area contributed by atoms with Crippen LogP contribution in [0.15, 0.2) is 34.4 Å². The number of benzene rings is 1. The fourth-order valence-corrected chi connectivity index (χ4v) is 3.06. The zero-order chi connectivity index (χ0) is 16.4. The number of aliphatic imine (C=N–C) groups is 1. The predicted octanol–water partition coefficient (Wildman–Crippen LogP) is 2.25. The first-order valence-electron chi connectivity index (χ1n) is 7.45. The third-order valence-corrected chi connectivity index (χ3v) is 4.35. The lowest BCUT2D eigenvalue weighted by molar-refractivity contribution is -0.128. The average molecular weight is 330 g/mol. The summed E-state index contributed by atoms with van der Waals surface area (Å²) in [5.74, 6) is 0.668. The topological polar surface area (TPSA) is 72.1 Å². The van der Waals surface area contributed by atoms with E-state index >= 15 is 0 Å². The van der Waals surface area contributed by atoms with Crippen molar-refractivity contribution in [2.75, 3.05) is 13.1 Å². The third-order valence-electron chi connectivity index (χ3n) is 4.10. The highest BCUT2D eigenvalue weighted by Gasteiger charge is 2.37. The molecule has 0 radical (unpaired) electrons. The number of amidine groups is 1. The lowest BCUT2D eigenvalue weighted by Gasteiger charge is -2.25. The van der Waals surface area contributed by atoms with E-state index in [2.05, 4.69) is 10.1 Å². The summed E-state index contributed by atoms with van der Waals surface area (Å²) in [5.41, 5.74) is 1.73. The van der Waals surface area contributed by atoms with Crippen LogP contribution in [0, 0.1) is 11.5 Å². The van der Waals surface area contributed by atoms with Gasteiger partial charge < -0.3 is 4.90 Å². The minimum atomic E-state index is -0.130. The fourth-order valence-electron chi connectivity index (χ4n) is 2.94. The Kier molecular flexibility index (Phi) is 4.30. The monoisotopic (exact) mass is 329 g/mol. The molecule has 1 fully saturated rings. The van der Waals surface area contributed by atoms with Gasteiger partial charge in [-0.15, -0.1) is 0 Å². The van der Waals surface area contributed by atoms with E-state index in [1.807, 2.05) is 17.0 Å². The van der Waals surface area contributed by atoms with E-state index in [9.17, 15) is 4.79 Å². The minimum absolute atomic E-state index is 0.130. The molecule has 3 rings (SSSR count). The second kappa shape index (κ2) is 6.39. The Labute approximate surface area is 139 Å². The zero-order valence-corrected chi connectivity index (χ0v) is 13.5. The predicted molar refractivity (Wildman–Crippen MR) is 88.2 cm³/mol. The molecule has 118 valence electrons. The molecule has 1 atom stereocenters. The number of hydrogen-bond acceptors (Lipinski definition) is 4. The van der Waals surface area contributed by atoms with Gasteiger partial charge in [0, 0.05) is 23.6 Å². The normalized spacial score (nSPS) is 21.6. The molecule has 2 aliphatic heterocycles. The number of hydrazone groups is 1. The molecule has 1 saturated heterocycles. The van der Waals surface area contributed by atoms with Crippen LogP contribution in [0.4, 0.5) is 0 Å². The summed E-state index contributed by atoms with van der Waals surface area (Å²) in [5, 5.41) is 15.7. The Hall–Kier alpha value is -2.39. The molecule has 1 amide bonds. The molecule has 0 N–H and O–H groups in total. The molecular weight excluding hydrogens is 314 g/mol. The number of amides is 1. The number of halogens is 1. The SMILES string of the molecule is CC(=NC#N)N1CC(N2CCCC2=O)C(c2ccc(Cl)cc2)=N1. The van der Waals surface area contributed by atoms with Gasteiger partial charge in [-0.3, -0.25) is 4.79 Å². The van der Waals surface area contributed by atoms with Gasteiger partial charge in [-0.05, 0) is 25.5 Å². The van der Waals surface area contributed by atoms with Crippen LogP contribution in [0.3, 0.4) is 0 Å². The first kappa shape index (κ1) is 15.5. The lowest BCUT2D eigenvalue weighted by atomic mass is 10.0. The molecule has 2 heterocycles. The molecule has 1 unspecified atom stereocenters. The molecule has 0 bridgehead atoms. The summed E-state index contributed by atoms with van der Waals surface area (Å²) in [4.78, 5) is 17.8. The van der Waals surface area contributed by atoms with E-state index < -0.39 is 0 Å². The maximum absolute atomic E-state index is 12.1. The van der Waals surface area contributed by atoms with Crippen molar-refractivity contribution in [2.45, 2.75) is 25.8 Å². The summed E-state index contributed by atoms with van der Waals surface area (Å²) < 4.78 is 0. The highest BCUT2D eigenvalue weighted by Crippen LogP contribution is 2.24. The number of rotatable bonds is 2. The van der Waals surface area contributed by atoms with Crippen molar-refractivity contribution in [3.8, 4) is 6.19 Å². The van der Waals surface area contributed by atoms with Gasteiger partial charge in [0.15, 0.2) is 0 Å². The van der Waals surface area contributed by atoms with Gasteiger partial charge in [-0.2, -0.15) is 15.4 Å². The van der Waals surface area contributed by atoms with Gasteiger partial charge in [-0.25, -0.2) is 5.01 Å². The van der Waals surface area contributed by atoms with Crippen molar-refractivity contribution in [3.05, 3.63) is 34.9 Å². The fraction of sp³-hybridized carbons (Fsp3) is 0.375. The van der Waals surface area contributed by atoms with Crippen LogP contribution in [0.1, 0.15) is 25.3 Å². The maximum atomic E-state index is 12.1. The minimum Gasteiger partial charge on any atom is -0.332 e. The Morgan fingerprint density at radius 2 is 2.17 bits per heavy atom. The largest absolute Gasteiger partial charge is 0.332 e. The number of nitrogens with zero attached hydrogens (tertiary/aromatic N) is 5. The number of nitriles is 1. The molecule has 6 nitrogen and oxygen atoms in total. The molecule has 0 saturated carbocycles. The summed E-state index contributed by atoms with van der Waals surface area (Å²) in [6, 6.07) is 7.28. The van der Waals surface area contributed by atoms with Crippen LogP contribution >= 0.6 is 11.6 Å². The molecule has 7 heteroatoms. The van der Waals surface area contributed by atoms with Gasteiger partial charge in [0.25, 0.3) is 0 Å². The molecular formula is C16H16ClN5O. The summed E-state index contributed by atoms with van der Waals surface area (Å²) in [7, 11) is 0. The van der Waals surface area contributed by atoms with Gasteiger partial charge in [0.05, 0.1) is 18.3 Å². The van der Waals surface area contributed by atoms with E-state index in [0.717, 1.165) is 24.2 Å². The van der Waals surface area contributed by atoms with Gasteiger partial charge >= 0.3 is 0 Å². The Morgan fingerprint density at radius 1 is 1.43 bits per heavy atom. The van der Waals surface area contributed by atoms with Crippen molar-refractivity contribution >= 4 is 29.1 Å². The number of likely N-dealkylation sites (tertiary alicyclic amines) is 1. The lowest BCUT2D eigenvalue weighted by Crippen LogP contribution is -2.44. The van der Waals surface area contributed by atoms with E-state index in [1.165, 1.54) is 0 Å². The molecule has 2 aliphatic rings. The summed E-state index contributed by atoms with van der Waals surface area (Å²) >= 11 is 5.96. The van der Waals surface area contributed by atoms with Crippen LogP contribution in [0.5, 0.6) is 0 Å². The molecule has 0 aliphatic carbocycles. The highest BCUT2D eigenvalue weighted by atomic mass is 35.5. The Balaban J connectivity index is 1.96. The van der Waals surface area contributed by atoms with Crippen molar-refractivity contribution < 1.29 is 4.79 Å². The molecule has 1 aromatic rings. The Bertz CT molecular complexity index is 719. The number of carbonyl (C=O) groups is 1. The quantitative estimate of drug-likeness (QED) is 0.474. The summed E-state index contributed by atoms with van der Waals surface area (Å²) in [6.07, 6.45) is 3.23. The first-order chi connectivity index (χ1) is 11.1. The zero-order valence-electron chi connectivity index (χ0n) is 12.7. The van der Waals surface area contributed by atoms with Crippen molar-refractivity contribution in [3.63, 3.8) is 0 Å². The summed E-state index contributed by atoms with van der Waals surface area (Å²) in [6.45, 7) is 2.99. The second-order valence-electron chi connectivity index (χ2n) is 5.54. The van der Waals surface area contributed by atoms with E-state index in [0.29, 0.717) is 23.8 Å². The Morgan fingerprint density at radius 3 is 2.78 bits per heavy atom. The molecule has 0 aromatic heterocycles. The van der Waals surface area contributed by atoms with E-state index in [4.69, 9.17) is 16.9 Å². The van der Waals surface area contributed by atoms with Crippen LogP contribution in [0.25, 0.3) is 0 Å². The highest BCUT2D eigenvalue weighted by molar-refractivity contribution is 6.30. The third kappa shape index (κ3) is 3.06. The van der Waals surface area contributed by atoms with Crippen LogP contribution < -0.4 is 0 Å². The smallest absolute Gasteiger partial charge is 0.223 e. The number of carbonyl (C=O) groups excluding carboxylic acids is 1. The van der Waals surface area contributed by atoms with Gasteiger partial charge in [0.2, 0.25) is 12.1 Å². The van der Waals surface area contributed by atoms with E-state index in [1.54, 1.807) is 30.3 Å². The van der Waals surface area contributed by atoms with E-state index in [-0.39, 0.29) is 11.9 Å². The van der Waals surface area contributed by atoms with Gasteiger partial charge in [-0.1, -0.05) is 23.7 Å². The van der Waals surface area contributed by atoms with Crippen LogP contribution in [-0.4, -0.2) is 46.5 Å². The van der Waals surface area contributed by atoms with Crippen molar-refractivity contribution in [2.24, 2.45) is 10.1 Å². The standard InChI is InChI=1S/C16H16ClN5O/c1-11(19-10-18)22-9-14(21-8-2-3-15(21)23)16(20-22)12-4-6-13(17)7-5-12/h4-7,14H,2-3,8-9H2,1H3. The first-order valence-corrected chi connectivity index (χ1v) is 7.83. The average Bonchev–Trinajstić information content (AvgIpc) is 3.14. The van der Waals surface area contributed by atoms with Crippen molar-refractivity contribution in [1.82, 2.24) is 9.91 Å². The van der Waals surface area contributed by atoms with Crippen LogP contribution in [0.2, 0.25) is 5.02 Å². The molecule has 23 heavy (non-hydrogen) atoms. The maximum Gasteiger partial charge on any atom is 0.223 e. The molecule has 1 aromatic carbocycles. The molecule has 0 spiro atoms. The van der Waals surface area contributed by atoms with Crippen LogP contribution in [-0.2, 0) is 4.79 Å².